The average molecular weight is 342 g/mol. The average Bonchev–Trinajstić information content (AvgIpc) is 2.42. The molecular weight excluding hydrogens is 325 g/mol. The maximum atomic E-state index is 12.2. The summed E-state index contributed by atoms with van der Waals surface area (Å²) < 4.78 is 0. The summed E-state index contributed by atoms with van der Waals surface area (Å²) in [7, 11) is 3.62. The zero-order chi connectivity index (χ0) is 16.3. The summed E-state index contributed by atoms with van der Waals surface area (Å²) >= 11 is 11.8. The Balaban J connectivity index is 2.11. The van der Waals surface area contributed by atoms with E-state index in [4.69, 9.17) is 23.2 Å². The Kier molecular flexibility index (Phi) is 4.95. The van der Waals surface area contributed by atoms with Gasteiger partial charge < -0.3 is 10.6 Å². The topological polar surface area (TPSA) is 68.8 Å². The lowest BCUT2D eigenvalue weighted by Crippen LogP contribution is -2.66. The molecule has 1 unspecified atom stereocenters. The number of hydrogen-bond donors (Lipinski definition) is 3. The van der Waals surface area contributed by atoms with E-state index >= 15 is 0 Å². The van der Waals surface area contributed by atoms with Crippen molar-refractivity contribution in [1.29, 1.82) is 0 Å². The zero-order valence-corrected chi connectivity index (χ0v) is 14.0. The normalized spacial score (nSPS) is 20.4. The molecule has 0 aliphatic carbocycles. The second kappa shape index (κ2) is 6.56. The van der Waals surface area contributed by atoms with E-state index in [-0.39, 0.29) is 0 Å². The van der Waals surface area contributed by atoms with Gasteiger partial charge in [0.05, 0.1) is 10.0 Å². The molecule has 1 heterocycles. The largest absolute Gasteiger partial charge is 0.335 e. The van der Waals surface area contributed by atoms with Crippen molar-refractivity contribution < 1.29 is 4.79 Å². The van der Waals surface area contributed by atoms with Gasteiger partial charge in [0.15, 0.2) is 0 Å². The van der Waals surface area contributed by atoms with Crippen molar-refractivity contribution in [3.63, 3.8) is 0 Å². The van der Waals surface area contributed by atoms with Crippen LogP contribution < -0.4 is 16.0 Å². The lowest BCUT2D eigenvalue weighted by atomic mass is 10.3. The number of hydrogen-bond acceptors (Lipinski definition) is 4. The molecule has 118 valence electrons. The van der Waals surface area contributed by atoms with E-state index in [9.17, 15) is 4.79 Å². The van der Waals surface area contributed by atoms with Gasteiger partial charge in [-0.3, -0.25) is 5.32 Å². The van der Waals surface area contributed by atoms with Crippen LogP contribution in [0.2, 0.25) is 10.0 Å². The smallest absolute Gasteiger partial charge is 0.323 e. The first-order valence-electron chi connectivity index (χ1n) is 6.54. The third-order valence-electron chi connectivity index (χ3n) is 3.07. The Morgan fingerprint density at radius 1 is 1.32 bits per heavy atom. The molecule has 0 aromatic heterocycles. The van der Waals surface area contributed by atoms with Crippen LogP contribution in [-0.2, 0) is 0 Å². The van der Waals surface area contributed by atoms with Crippen LogP contribution in [0.1, 0.15) is 6.92 Å². The molecule has 2 amide bonds. The second-order valence-electron chi connectivity index (χ2n) is 5.03. The number of halogens is 2. The Bertz CT molecular complexity index is 644. The van der Waals surface area contributed by atoms with Crippen molar-refractivity contribution in [2.75, 3.05) is 19.4 Å². The zero-order valence-electron chi connectivity index (χ0n) is 12.4. The highest BCUT2D eigenvalue weighted by molar-refractivity contribution is 6.42. The van der Waals surface area contributed by atoms with Gasteiger partial charge in [-0.15, -0.1) is 0 Å². The number of nitrogens with one attached hydrogen (secondary N) is 3. The van der Waals surface area contributed by atoms with Crippen LogP contribution >= 0.6 is 23.2 Å². The molecule has 0 fully saturated rings. The number of carbonyl (C=O) groups excluding carboxylic acids is 1. The summed E-state index contributed by atoms with van der Waals surface area (Å²) in [6, 6.07) is 4.44. The molecule has 0 saturated carbocycles. The van der Waals surface area contributed by atoms with Crippen molar-refractivity contribution in [3.05, 3.63) is 40.0 Å². The highest BCUT2D eigenvalue weighted by Gasteiger charge is 2.34. The number of benzene rings is 1. The van der Waals surface area contributed by atoms with E-state index in [0.29, 0.717) is 15.7 Å². The predicted octanol–water partition coefficient (Wildman–Crippen LogP) is 2.87. The van der Waals surface area contributed by atoms with Gasteiger partial charge >= 0.3 is 6.03 Å². The van der Waals surface area contributed by atoms with Crippen molar-refractivity contribution in [1.82, 2.24) is 15.5 Å². The molecule has 0 saturated heterocycles. The molecule has 6 nitrogen and oxygen atoms in total. The molecule has 0 radical (unpaired) electrons. The van der Waals surface area contributed by atoms with Gasteiger partial charge in [-0.1, -0.05) is 23.2 Å². The highest BCUT2D eigenvalue weighted by atomic mass is 35.5. The first-order valence-corrected chi connectivity index (χ1v) is 7.30. The standard InChI is InChI=1S/C14H17Cl2N5O/c1-9-6-7-17-14(19-9,21(2)3)20-13(22)18-10-4-5-11(15)12(16)8-10/h4-8,19H,1-3H3,(H2,18,20,22). The van der Waals surface area contributed by atoms with Gasteiger partial charge in [0.25, 0.3) is 5.91 Å². The molecule has 1 aromatic carbocycles. The third-order valence-corrected chi connectivity index (χ3v) is 3.81. The highest BCUT2D eigenvalue weighted by Crippen LogP contribution is 2.25. The fraction of sp³-hybridized carbons (Fsp3) is 0.286. The summed E-state index contributed by atoms with van der Waals surface area (Å²) in [4.78, 5) is 18.3. The minimum Gasteiger partial charge on any atom is -0.335 e. The maximum absolute atomic E-state index is 12.2. The number of nitrogens with zero attached hydrogens (tertiary/aromatic N) is 2. The van der Waals surface area contributed by atoms with Gasteiger partial charge in [0, 0.05) is 17.6 Å². The van der Waals surface area contributed by atoms with Gasteiger partial charge in [-0.25, -0.2) is 14.7 Å². The fourth-order valence-corrected chi connectivity index (χ4v) is 2.20. The van der Waals surface area contributed by atoms with Crippen LogP contribution in [0.3, 0.4) is 0 Å². The summed E-state index contributed by atoms with van der Waals surface area (Å²) in [6.07, 6.45) is 3.46. The monoisotopic (exact) mass is 341 g/mol. The van der Waals surface area contributed by atoms with Gasteiger partial charge in [0.2, 0.25) is 0 Å². The van der Waals surface area contributed by atoms with E-state index in [1.165, 1.54) is 0 Å². The van der Waals surface area contributed by atoms with Crippen molar-refractivity contribution in [2.24, 2.45) is 4.99 Å². The van der Waals surface area contributed by atoms with E-state index in [2.05, 4.69) is 20.9 Å². The summed E-state index contributed by atoms with van der Waals surface area (Å²) in [5.74, 6) is -1.04. The number of rotatable bonds is 3. The summed E-state index contributed by atoms with van der Waals surface area (Å²) in [6.45, 7) is 1.89. The van der Waals surface area contributed by atoms with Crippen molar-refractivity contribution >= 4 is 41.1 Å². The van der Waals surface area contributed by atoms with Gasteiger partial charge in [0.1, 0.15) is 0 Å². The SMILES string of the molecule is CC1=CC=NC(NC(=O)Nc2ccc(Cl)c(Cl)c2)(N(C)C)N1. The molecule has 0 bridgehead atoms. The number of allylic oxidation sites excluding steroid dienone is 2. The number of carbonyl (C=O) groups is 1. The lowest BCUT2D eigenvalue weighted by molar-refractivity contribution is 0.100. The Morgan fingerprint density at radius 2 is 2.05 bits per heavy atom. The van der Waals surface area contributed by atoms with Gasteiger partial charge in [-0.2, -0.15) is 0 Å². The van der Waals surface area contributed by atoms with Crippen LogP contribution in [0.15, 0.2) is 35.0 Å². The molecule has 1 aliphatic rings. The van der Waals surface area contributed by atoms with Gasteiger partial charge in [-0.05, 0) is 45.3 Å². The molecule has 2 rings (SSSR count). The van der Waals surface area contributed by atoms with E-state index < -0.39 is 11.9 Å². The number of amides is 2. The minimum absolute atomic E-state index is 0.370. The summed E-state index contributed by atoms with van der Waals surface area (Å²) in [5.41, 5.74) is 1.42. The van der Waals surface area contributed by atoms with Crippen LogP contribution in [0, 0.1) is 0 Å². The van der Waals surface area contributed by atoms with E-state index in [1.54, 1.807) is 29.3 Å². The van der Waals surface area contributed by atoms with Crippen molar-refractivity contribution in [3.8, 4) is 0 Å². The number of aliphatic imine (C=N–C) groups is 1. The molecule has 22 heavy (non-hydrogen) atoms. The molecule has 8 heteroatoms. The third kappa shape index (κ3) is 3.71. The van der Waals surface area contributed by atoms with Crippen LogP contribution in [0.25, 0.3) is 0 Å². The second-order valence-corrected chi connectivity index (χ2v) is 5.84. The summed E-state index contributed by atoms with van der Waals surface area (Å²) in [5, 5.41) is 9.43. The fourth-order valence-electron chi connectivity index (χ4n) is 1.90. The Hall–Kier alpha value is -1.76. The number of anilines is 1. The first-order chi connectivity index (χ1) is 10.3. The lowest BCUT2D eigenvalue weighted by Gasteiger charge is -2.39. The molecule has 3 N–H and O–H groups in total. The molecule has 1 atom stereocenters. The molecule has 1 aliphatic heterocycles. The maximum Gasteiger partial charge on any atom is 0.323 e. The predicted molar refractivity (Wildman–Crippen MR) is 90.4 cm³/mol. The Labute approximate surface area is 139 Å². The van der Waals surface area contributed by atoms with Crippen molar-refractivity contribution in [2.45, 2.75) is 12.8 Å². The quantitative estimate of drug-likeness (QED) is 0.740. The van der Waals surface area contributed by atoms with Crippen LogP contribution in [-0.4, -0.2) is 37.2 Å². The molecule has 1 aromatic rings. The number of urea groups is 1. The minimum atomic E-state index is -1.04. The first kappa shape index (κ1) is 16.6. The van der Waals surface area contributed by atoms with E-state index in [0.717, 1.165) is 5.70 Å². The molecule has 0 spiro atoms. The van der Waals surface area contributed by atoms with E-state index in [1.807, 2.05) is 27.1 Å². The Morgan fingerprint density at radius 3 is 2.64 bits per heavy atom. The van der Waals surface area contributed by atoms with Crippen LogP contribution in [0.5, 0.6) is 0 Å². The van der Waals surface area contributed by atoms with Crippen LogP contribution in [0.4, 0.5) is 10.5 Å². The molecular formula is C14H17Cl2N5O.